The highest BCUT2D eigenvalue weighted by atomic mass is 16.5. The van der Waals surface area contributed by atoms with Crippen LogP contribution in [0, 0.1) is 0 Å². The largest absolute Gasteiger partial charge is 0.505 e. The number of nitrogens with one attached hydrogen (secondary N) is 1. The van der Waals surface area contributed by atoms with E-state index in [1.807, 2.05) is 0 Å². The van der Waals surface area contributed by atoms with Crippen LogP contribution in [0.15, 0.2) is 36.7 Å². The summed E-state index contributed by atoms with van der Waals surface area (Å²) in [5.74, 6) is -0.475. The number of hydrogen-bond acceptors (Lipinski definition) is 6. The van der Waals surface area contributed by atoms with Gasteiger partial charge in [0.1, 0.15) is 5.56 Å². The number of carbonyl (C=O) groups is 1. The first-order valence-corrected chi connectivity index (χ1v) is 5.16. The minimum Gasteiger partial charge on any atom is -0.505 e. The van der Waals surface area contributed by atoms with Crippen LogP contribution >= 0.6 is 0 Å². The number of nitrogens with zero attached hydrogens (tertiary/aromatic N) is 2. The highest BCUT2D eigenvalue weighted by molar-refractivity contribution is 5.94. The van der Waals surface area contributed by atoms with E-state index in [1.165, 1.54) is 13.2 Å². The molecule has 6 nitrogen and oxygen atoms in total. The average molecular weight is 245 g/mol. The summed E-state index contributed by atoms with van der Waals surface area (Å²) >= 11 is 0. The third-order valence-electron chi connectivity index (χ3n) is 2.25. The average Bonchev–Trinajstić information content (AvgIpc) is 2.41. The molecule has 0 saturated heterocycles. The molecule has 0 aliphatic carbocycles. The minimum atomic E-state index is -0.606. The number of aromatic hydroxyl groups is 1. The summed E-state index contributed by atoms with van der Waals surface area (Å²) in [6.07, 6.45) is 3.13. The first kappa shape index (κ1) is 11.8. The molecule has 0 amide bonds. The van der Waals surface area contributed by atoms with Gasteiger partial charge in [-0.3, -0.25) is 0 Å². The van der Waals surface area contributed by atoms with E-state index in [9.17, 15) is 9.90 Å². The van der Waals surface area contributed by atoms with Crippen LogP contribution in [0.2, 0.25) is 0 Å². The van der Waals surface area contributed by atoms with Gasteiger partial charge in [0.25, 0.3) is 0 Å². The maximum atomic E-state index is 11.4. The second-order valence-corrected chi connectivity index (χ2v) is 3.39. The molecule has 0 bridgehead atoms. The zero-order valence-electron chi connectivity index (χ0n) is 9.62. The number of phenolic OH excluding ortho intramolecular Hbond substituents is 1. The normalized spacial score (nSPS) is 9.83. The predicted molar refractivity (Wildman–Crippen MR) is 64.8 cm³/mol. The molecular weight excluding hydrogens is 234 g/mol. The Morgan fingerprint density at radius 3 is 2.67 bits per heavy atom. The van der Waals surface area contributed by atoms with Gasteiger partial charge < -0.3 is 15.2 Å². The number of phenols is 1. The number of ether oxygens (including phenoxy) is 1. The van der Waals surface area contributed by atoms with E-state index in [0.29, 0.717) is 11.6 Å². The van der Waals surface area contributed by atoms with Crippen LogP contribution in [-0.2, 0) is 4.74 Å². The summed E-state index contributed by atoms with van der Waals surface area (Å²) < 4.78 is 4.56. The first-order chi connectivity index (χ1) is 8.72. The number of para-hydroxylation sites is 1. The zero-order chi connectivity index (χ0) is 13.0. The topological polar surface area (TPSA) is 84.3 Å². The number of esters is 1. The summed E-state index contributed by atoms with van der Waals surface area (Å²) in [6.45, 7) is 0. The number of benzene rings is 1. The van der Waals surface area contributed by atoms with E-state index in [-0.39, 0.29) is 11.3 Å². The minimum absolute atomic E-state index is 0.0819. The van der Waals surface area contributed by atoms with Gasteiger partial charge >= 0.3 is 5.97 Å². The maximum absolute atomic E-state index is 11.4. The summed E-state index contributed by atoms with van der Waals surface area (Å²) in [7, 11) is 1.25. The highest BCUT2D eigenvalue weighted by Crippen LogP contribution is 2.29. The molecule has 0 unspecified atom stereocenters. The van der Waals surface area contributed by atoms with Crippen LogP contribution in [0.3, 0.4) is 0 Å². The Hall–Kier alpha value is -2.63. The number of rotatable bonds is 3. The van der Waals surface area contributed by atoms with Crippen molar-refractivity contribution in [1.29, 1.82) is 0 Å². The lowest BCUT2D eigenvalue weighted by Crippen LogP contribution is -2.03. The predicted octanol–water partition coefficient (Wildman–Crippen LogP) is 1.71. The molecule has 18 heavy (non-hydrogen) atoms. The van der Waals surface area contributed by atoms with E-state index in [0.717, 1.165) is 0 Å². The molecular formula is C12H11N3O3. The Morgan fingerprint density at radius 2 is 2.00 bits per heavy atom. The molecule has 92 valence electrons. The molecule has 0 fully saturated rings. The second-order valence-electron chi connectivity index (χ2n) is 3.39. The molecule has 0 spiro atoms. The van der Waals surface area contributed by atoms with Crippen molar-refractivity contribution >= 4 is 17.6 Å². The summed E-state index contributed by atoms with van der Waals surface area (Å²) in [6, 6.07) is 6.38. The van der Waals surface area contributed by atoms with Crippen molar-refractivity contribution in [2.75, 3.05) is 12.4 Å². The quantitative estimate of drug-likeness (QED) is 0.632. The molecule has 0 aliphatic rings. The van der Waals surface area contributed by atoms with Crippen LogP contribution in [0.25, 0.3) is 0 Å². The molecule has 2 aromatic rings. The summed E-state index contributed by atoms with van der Waals surface area (Å²) in [5, 5.41) is 12.7. The van der Waals surface area contributed by atoms with Crippen LogP contribution < -0.4 is 5.32 Å². The van der Waals surface area contributed by atoms with Gasteiger partial charge in [-0.05, 0) is 18.2 Å². The Labute approximate surface area is 103 Å². The summed E-state index contributed by atoms with van der Waals surface area (Å²) in [5.41, 5.74) is 0.419. The van der Waals surface area contributed by atoms with Gasteiger partial charge in [0.2, 0.25) is 5.95 Å². The van der Waals surface area contributed by atoms with Crippen molar-refractivity contribution in [2.45, 2.75) is 0 Å². The van der Waals surface area contributed by atoms with Gasteiger partial charge in [-0.15, -0.1) is 0 Å². The van der Waals surface area contributed by atoms with Crippen LogP contribution in [0.5, 0.6) is 5.75 Å². The molecule has 0 aliphatic heterocycles. The van der Waals surface area contributed by atoms with Crippen molar-refractivity contribution in [1.82, 2.24) is 9.97 Å². The fourth-order valence-corrected chi connectivity index (χ4v) is 1.40. The molecule has 2 N–H and O–H groups in total. The van der Waals surface area contributed by atoms with Crippen LogP contribution in [0.1, 0.15) is 10.4 Å². The Bertz CT molecular complexity index is 558. The van der Waals surface area contributed by atoms with Gasteiger partial charge in [-0.2, -0.15) is 0 Å². The lowest BCUT2D eigenvalue weighted by molar-refractivity contribution is 0.0597. The van der Waals surface area contributed by atoms with E-state index in [1.54, 1.807) is 30.6 Å². The lowest BCUT2D eigenvalue weighted by atomic mass is 10.1. The Balaban J connectivity index is 2.32. The number of hydrogen-bond donors (Lipinski definition) is 2. The number of carbonyl (C=O) groups excluding carboxylic acids is 1. The van der Waals surface area contributed by atoms with Crippen LogP contribution in [0.4, 0.5) is 11.6 Å². The molecule has 0 saturated carbocycles. The Morgan fingerprint density at radius 1 is 1.28 bits per heavy atom. The van der Waals surface area contributed by atoms with E-state index in [2.05, 4.69) is 20.0 Å². The molecule has 6 heteroatoms. The first-order valence-electron chi connectivity index (χ1n) is 5.16. The third kappa shape index (κ3) is 2.37. The Kier molecular flexibility index (Phi) is 3.38. The van der Waals surface area contributed by atoms with Gasteiger partial charge in [0.05, 0.1) is 12.8 Å². The van der Waals surface area contributed by atoms with Gasteiger partial charge in [-0.1, -0.05) is 6.07 Å². The highest BCUT2D eigenvalue weighted by Gasteiger charge is 2.14. The zero-order valence-corrected chi connectivity index (χ0v) is 9.62. The van der Waals surface area contributed by atoms with Gasteiger partial charge in [0.15, 0.2) is 5.75 Å². The van der Waals surface area contributed by atoms with Crippen molar-refractivity contribution in [2.24, 2.45) is 0 Å². The molecule has 2 rings (SSSR count). The molecule has 1 aromatic carbocycles. The van der Waals surface area contributed by atoms with E-state index in [4.69, 9.17) is 0 Å². The second kappa shape index (κ2) is 5.13. The number of aromatic nitrogens is 2. The van der Waals surface area contributed by atoms with E-state index >= 15 is 0 Å². The van der Waals surface area contributed by atoms with Crippen molar-refractivity contribution in [3.63, 3.8) is 0 Å². The van der Waals surface area contributed by atoms with Crippen molar-refractivity contribution < 1.29 is 14.6 Å². The van der Waals surface area contributed by atoms with Crippen LogP contribution in [-0.4, -0.2) is 28.2 Å². The maximum Gasteiger partial charge on any atom is 0.341 e. The van der Waals surface area contributed by atoms with Gasteiger partial charge in [0, 0.05) is 12.4 Å². The lowest BCUT2D eigenvalue weighted by Gasteiger charge is -2.09. The molecule has 0 atom stereocenters. The molecule has 0 radical (unpaired) electrons. The van der Waals surface area contributed by atoms with Crippen molar-refractivity contribution in [3.8, 4) is 5.75 Å². The monoisotopic (exact) mass is 245 g/mol. The third-order valence-corrected chi connectivity index (χ3v) is 2.25. The number of methoxy groups -OCH3 is 1. The summed E-state index contributed by atoms with van der Waals surface area (Å²) in [4.78, 5) is 19.3. The number of anilines is 2. The fourth-order valence-electron chi connectivity index (χ4n) is 1.40. The van der Waals surface area contributed by atoms with Crippen molar-refractivity contribution in [3.05, 3.63) is 42.2 Å². The molecule has 1 heterocycles. The smallest absolute Gasteiger partial charge is 0.341 e. The molecule has 1 aromatic heterocycles. The fraction of sp³-hybridized carbons (Fsp3) is 0.0833. The SMILES string of the molecule is COC(=O)c1cccc(Nc2ncccn2)c1O. The van der Waals surface area contributed by atoms with Gasteiger partial charge in [-0.25, -0.2) is 14.8 Å². The standard InChI is InChI=1S/C12H11N3O3/c1-18-11(17)8-4-2-5-9(10(8)16)15-12-13-6-3-7-14-12/h2-7,16H,1H3,(H,13,14,15). The van der Waals surface area contributed by atoms with E-state index < -0.39 is 5.97 Å².